The van der Waals surface area contributed by atoms with E-state index in [0.29, 0.717) is 15.8 Å². The number of fused-ring (bicyclic) bond motifs is 1. The van der Waals surface area contributed by atoms with Crippen LogP contribution >= 0.6 is 22.6 Å². The van der Waals surface area contributed by atoms with Gasteiger partial charge in [0.25, 0.3) is 0 Å². The van der Waals surface area contributed by atoms with Crippen molar-refractivity contribution in [2.24, 2.45) is 23.2 Å². The number of carbonyl (C=O) groups is 1. The summed E-state index contributed by atoms with van der Waals surface area (Å²) in [6.45, 7) is 20.7. The van der Waals surface area contributed by atoms with Gasteiger partial charge >= 0.3 is 0 Å². The summed E-state index contributed by atoms with van der Waals surface area (Å²) in [6, 6.07) is 0. The fraction of sp³-hybridized carbons (Fsp3) is 0.750. The van der Waals surface area contributed by atoms with Crippen molar-refractivity contribution in [3.8, 4) is 0 Å². The van der Waals surface area contributed by atoms with E-state index < -0.39 is 8.32 Å². The summed E-state index contributed by atoms with van der Waals surface area (Å²) in [5, 5.41) is 0.210. The van der Waals surface area contributed by atoms with Gasteiger partial charge in [-0.15, -0.1) is 0 Å². The molecule has 0 unspecified atom stereocenters. The molecule has 0 spiro atoms. The Kier molecular flexibility index (Phi) is 8.09. The van der Waals surface area contributed by atoms with E-state index in [0.717, 1.165) is 12.8 Å². The van der Waals surface area contributed by atoms with Crippen molar-refractivity contribution in [1.82, 2.24) is 0 Å². The topological polar surface area (TPSA) is 26.3 Å². The lowest BCUT2D eigenvalue weighted by molar-refractivity contribution is -0.113. The Bertz CT molecular complexity index is 790. The molecule has 0 aromatic heterocycles. The lowest BCUT2D eigenvalue weighted by Gasteiger charge is -2.43. The molecule has 3 fully saturated rings. The molecule has 0 heterocycles. The number of rotatable bonds is 5. The number of halogens is 1. The molecule has 0 amide bonds. The summed E-state index contributed by atoms with van der Waals surface area (Å²) < 4.78 is 7.42. The standard InChI is InChI=1S/C28H45IO2Si/c1-19(18-30)24-13-14-25-21(10-9-15-28(24,25)6)11-12-22-16-23(29)17-26(20(22)2)31-32(7,8)27(3,4)5/h11-12,18-19,23-26H,2,9-10,13-17H2,1,3-8H3/b21-11+,22-12-/t19-,23-,24-,25+,26+,28-/m1/s1. The lowest BCUT2D eigenvalue weighted by Crippen LogP contribution is -2.45. The average molecular weight is 569 g/mol. The van der Waals surface area contributed by atoms with Gasteiger partial charge in [0.2, 0.25) is 0 Å². The van der Waals surface area contributed by atoms with Gasteiger partial charge in [-0.3, -0.25) is 0 Å². The molecule has 0 saturated heterocycles. The van der Waals surface area contributed by atoms with Crippen molar-refractivity contribution in [3.63, 3.8) is 0 Å². The Morgan fingerprint density at radius 3 is 2.56 bits per heavy atom. The Morgan fingerprint density at radius 1 is 1.25 bits per heavy atom. The van der Waals surface area contributed by atoms with Crippen molar-refractivity contribution < 1.29 is 9.22 Å². The summed E-state index contributed by atoms with van der Waals surface area (Å²) in [7, 11) is -1.83. The zero-order chi connectivity index (χ0) is 23.9. The third-order valence-corrected chi connectivity index (χ3v) is 14.8. The van der Waals surface area contributed by atoms with Crippen LogP contribution in [-0.4, -0.2) is 24.6 Å². The SMILES string of the molecule is C=C1/C(=C\C=C2/CCC[C@]3(C)[C@@H]([C@H](C)C=O)CC[C@@H]23)C[C@@H](I)C[C@@H]1O[Si](C)(C)C(C)(C)C. The van der Waals surface area contributed by atoms with Gasteiger partial charge in [-0.05, 0) is 91.5 Å². The Morgan fingerprint density at radius 2 is 1.94 bits per heavy atom. The van der Waals surface area contributed by atoms with Crippen LogP contribution in [0.1, 0.15) is 79.6 Å². The highest BCUT2D eigenvalue weighted by atomic mass is 127. The van der Waals surface area contributed by atoms with E-state index in [9.17, 15) is 4.79 Å². The van der Waals surface area contributed by atoms with Gasteiger partial charge in [-0.1, -0.05) is 81.5 Å². The van der Waals surface area contributed by atoms with Crippen LogP contribution in [-0.2, 0) is 9.22 Å². The molecule has 0 aromatic carbocycles. The van der Waals surface area contributed by atoms with Crippen molar-refractivity contribution in [3.05, 3.63) is 35.5 Å². The number of hydrogen-bond donors (Lipinski definition) is 0. The van der Waals surface area contributed by atoms with E-state index in [2.05, 4.69) is 89.0 Å². The average Bonchev–Trinajstić information content (AvgIpc) is 3.05. The molecule has 0 aromatic rings. The molecule has 3 saturated carbocycles. The van der Waals surface area contributed by atoms with E-state index in [1.54, 1.807) is 5.57 Å². The minimum absolute atomic E-state index is 0.150. The first-order chi connectivity index (χ1) is 14.8. The lowest BCUT2D eigenvalue weighted by atomic mass is 9.61. The zero-order valence-electron chi connectivity index (χ0n) is 21.5. The highest BCUT2D eigenvalue weighted by Gasteiger charge is 2.50. The van der Waals surface area contributed by atoms with Crippen molar-refractivity contribution in [2.45, 2.75) is 108 Å². The molecule has 3 aliphatic carbocycles. The molecule has 4 heteroatoms. The van der Waals surface area contributed by atoms with E-state index in [1.807, 2.05) is 0 Å². The predicted molar refractivity (Wildman–Crippen MR) is 148 cm³/mol. The van der Waals surface area contributed by atoms with Crippen LogP contribution in [0.5, 0.6) is 0 Å². The summed E-state index contributed by atoms with van der Waals surface area (Å²) in [5.41, 5.74) is 4.48. The Labute approximate surface area is 212 Å². The van der Waals surface area contributed by atoms with Gasteiger partial charge in [-0.2, -0.15) is 0 Å². The van der Waals surface area contributed by atoms with Crippen LogP contribution < -0.4 is 0 Å². The molecular formula is C28H45IO2Si. The second-order valence-electron chi connectivity index (χ2n) is 12.5. The summed E-state index contributed by atoms with van der Waals surface area (Å²) in [4.78, 5) is 11.5. The second-order valence-corrected chi connectivity index (χ2v) is 19.0. The maximum atomic E-state index is 11.5. The molecule has 3 rings (SSSR count). The van der Waals surface area contributed by atoms with E-state index >= 15 is 0 Å². The first-order valence-corrected chi connectivity index (χ1v) is 16.8. The van der Waals surface area contributed by atoms with Gasteiger partial charge in [0.15, 0.2) is 8.32 Å². The van der Waals surface area contributed by atoms with Crippen LogP contribution in [0.15, 0.2) is 35.5 Å². The minimum atomic E-state index is -1.83. The van der Waals surface area contributed by atoms with Crippen molar-refractivity contribution in [2.75, 3.05) is 0 Å². The first kappa shape index (κ1) is 26.4. The monoisotopic (exact) mass is 568 g/mol. The van der Waals surface area contributed by atoms with Gasteiger partial charge in [-0.25, -0.2) is 0 Å². The minimum Gasteiger partial charge on any atom is -0.410 e. The van der Waals surface area contributed by atoms with Gasteiger partial charge in [0, 0.05) is 9.84 Å². The fourth-order valence-electron chi connectivity index (χ4n) is 6.31. The summed E-state index contributed by atoms with van der Waals surface area (Å²) >= 11 is 2.60. The normalized spacial score (nSPS) is 37.6. The zero-order valence-corrected chi connectivity index (χ0v) is 24.6. The highest BCUT2D eigenvalue weighted by Crippen LogP contribution is 2.59. The van der Waals surface area contributed by atoms with Gasteiger partial charge in [0.1, 0.15) is 6.29 Å². The van der Waals surface area contributed by atoms with E-state index in [4.69, 9.17) is 4.43 Å². The third-order valence-electron chi connectivity index (χ3n) is 9.34. The molecule has 3 aliphatic rings. The molecule has 0 bridgehead atoms. The Balaban J connectivity index is 1.81. The first-order valence-electron chi connectivity index (χ1n) is 12.7. The number of hydrogen-bond acceptors (Lipinski definition) is 2. The molecule has 0 radical (unpaired) electrons. The number of alkyl halides is 1. The van der Waals surface area contributed by atoms with Crippen LogP contribution in [0.4, 0.5) is 0 Å². The van der Waals surface area contributed by atoms with E-state index in [-0.39, 0.29) is 22.5 Å². The molecule has 2 nitrogen and oxygen atoms in total. The maximum absolute atomic E-state index is 11.5. The quantitative estimate of drug-likeness (QED) is 0.144. The number of carbonyl (C=O) groups excluding carboxylic acids is 1. The summed E-state index contributed by atoms with van der Waals surface area (Å²) in [5.74, 6) is 1.34. The van der Waals surface area contributed by atoms with Gasteiger partial charge < -0.3 is 9.22 Å². The highest BCUT2D eigenvalue weighted by molar-refractivity contribution is 14.1. The molecule has 6 atom stereocenters. The molecule has 180 valence electrons. The van der Waals surface area contributed by atoms with E-state index in [1.165, 1.54) is 49.5 Å². The molecule has 0 aliphatic heterocycles. The molecule has 0 N–H and O–H groups in total. The number of allylic oxidation sites excluding steroid dienone is 3. The van der Waals surface area contributed by atoms with Crippen LogP contribution in [0, 0.1) is 23.2 Å². The molecule has 32 heavy (non-hydrogen) atoms. The van der Waals surface area contributed by atoms with Crippen molar-refractivity contribution >= 4 is 37.2 Å². The summed E-state index contributed by atoms with van der Waals surface area (Å²) in [6.07, 6.45) is 14.5. The predicted octanol–water partition coefficient (Wildman–Crippen LogP) is 8.43. The Hall–Kier alpha value is -0.203. The van der Waals surface area contributed by atoms with Crippen molar-refractivity contribution in [1.29, 1.82) is 0 Å². The molecular weight excluding hydrogens is 523 g/mol. The smallest absolute Gasteiger partial charge is 0.192 e. The van der Waals surface area contributed by atoms with Crippen LogP contribution in [0.2, 0.25) is 18.1 Å². The number of aldehydes is 1. The second kappa shape index (κ2) is 9.81. The third kappa shape index (κ3) is 5.22. The fourth-order valence-corrected chi connectivity index (χ4v) is 8.55. The largest absolute Gasteiger partial charge is 0.410 e. The van der Waals surface area contributed by atoms with Crippen LogP contribution in [0.3, 0.4) is 0 Å². The van der Waals surface area contributed by atoms with Crippen LogP contribution in [0.25, 0.3) is 0 Å². The maximum Gasteiger partial charge on any atom is 0.192 e. The van der Waals surface area contributed by atoms with Gasteiger partial charge in [0.05, 0.1) is 6.10 Å².